The van der Waals surface area contributed by atoms with Crippen molar-refractivity contribution in [2.45, 2.75) is 43.9 Å². The third-order valence-electron chi connectivity index (χ3n) is 8.34. The van der Waals surface area contributed by atoms with Gasteiger partial charge in [-0.1, -0.05) is 54.6 Å². The van der Waals surface area contributed by atoms with Crippen LogP contribution in [0.25, 0.3) is 10.8 Å². The van der Waals surface area contributed by atoms with Gasteiger partial charge in [-0.15, -0.1) is 0 Å². The van der Waals surface area contributed by atoms with Gasteiger partial charge in [0.25, 0.3) is 0 Å². The molecule has 0 spiro atoms. The SMILES string of the molecule is COC[C@@H](O)CO[C@@H]1CNC[C@H](OCc2cc(OC)c3ccccc3c2)[C@@H]1c1ccc(OCCCOCc2ccccc2OC)cc1. The van der Waals surface area contributed by atoms with Crippen LogP contribution in [-0.4, -0.2) is 84.3 Å². The van der Waals surface area contributed by atoms with Gasteiger partial charge < -0.3 is 43.6 Å². The summed E-state index contributed by atoms with van der Waals surface area (Å²) in [5.74, 6) is 2.39. The van der Waals surface area contributed by atoms with Crippen molar-refractivity contribution in [3.63, 3.8) is 0 Å². The lowest BCUT2D eigenvalue weighted by molar-refractivity contribution is -0.0856. The molecule has 0 aliphatic carbocycles. The van der Waals surface area contributed by atoms with Gasteiger partial charge >= 0.3 is 0 Å². The second-order valence-electron chi connectivity index (χ2n) is 11.7. The quantitative estimate of drug-likeness (QED) is 0.136. The Morgan fingerprint density at radius 3 is 2.30 bits per heavy atom. The number of rotatable bonds is 18. The zero-order valence-corrected chi connectivity index (χ0v) is 27.6. The van der Waals surface area contributed by atoms with Gasteiger partial charge in [0, 0.05) is 43.5 Å². The van der Waals surface area contributed by atoms with Crippen LogP contribution in [0, 0.1) is 0 Å². The van der Waals surface area contributed by atoms with Gasteiger partial charge in [-0.05, 0) is 46.8 Å². The van der Waals surface area contributed by atoms with E-state index in [1.807, 2.05) is 54.6 Å². The van der Waals surface area contributed by atoms with Gasteiger partial charge in [-0.3, -0.25) is 0 Å². The summed E-state index contributed by atoms with van der Waals surface area (Å²) in [6, 6.07) is 28.4. The lowest BCUT2D eigenvalue weighted by Gasteiger charge is -2.39. The molecule has 4 aromatic carbocycles. The van der Waals surface area contributed by atoms with E-state index < -0.39 is 6.10 Å². The van der Waals surface area contributed by atoms with Gasteiger partial charge in [-0.2, -0.15) is 0 Å². The third-order valence-corrected chi connectivity index (χ3v) is 8.34. The molecule has 4 atom stereocenters. The first-order valence-electron chi connectivity index (χ1n) is 16.2. The Morgan fingerprint density at radius 1 is 0.766 bits per heavy atom. The summed E-state index contributed by atoms with van der Waals surface area (Å²) in [5, 5.41) is 15.9. The summed E-state index contributed by atoms with van der Waals surface area (Å²) in [4.78, 5) is 0. The van der Waals surface area contributed by atoms with E-state index in [0.29, 0.717) is 39.5 Å². The molecule has 0 radical (unpaired) electrons. The van der Waals surface area contributed by atoms with Crippen molar-refractivity contribution in [1.29, 1.82) is 0 Å². The number of para-hydroxylation sites is 1. The van der Waals surface area contributed by atoms with Crippen molar-refractivity contribution in [2.75, 3.05) is 60.8 Å². The van der Waals surface area contributed by atoms with Crippen molar-refractivity contribution in [2.24, 2.45) is 0 Å². The highest BCUT2D eigenvalue weighted by atomic mass is 16.5. The Morgan fingerprint density at radius 2 is 1.51 bits per heavy atom. The topological polar surface area (TPSA) is 96.9 Å². The summed E-state index contributed by atoms with van der Waals surface area (Å²) in [6.07, 6.45) is -0.321. The first kappa shape index (κ1) is 34.6. The highest BCUT2D eigenvalue weighted by Gasteiger charge is 2.36. The molecule has 9 heteroatoms. The fourth-order valence-electron chi connectivity index (χ4n) is 6.02. The number of methoxy groups -OCH3 is 3. The minimum Gasteiger partial charge on any atom is -0.496 e. The molecule has 4 aromatic rings. The van der Waals surface area contributed by atoms with Crippen molar-refractivity contribution in [3.05, 3.63) is 102 Å². The van der Waals surface area contributed by atoms with Gasteiger partial charge in [-0.25, -0.2) is 0 Å². The lowest BCUT2D eigenvalue weighted by atomic mass is 9.85. The van der Waals surface area contributed by atoms with E-state index in [1.165, 1.54) is 0 Å². The Balaban J connectivity index is 1.21. The number of hydrogen-bond acceptors (Lipinski definition) is 9. The molecule has 5 rings (SSSR count). The Labute approximate surface area is 277 Å². The van der Waals surface area contributed by atoms with Crippen LogP contribution < -0.4 is 19.5 Å². The molecule has 2 N–H and O–H groups in total. The monoisotopic (exact) mass is 645 g/mol. The smallest absolute Gasteiger partial charge is 0.127 e. The molecule has 1 heterocycles. The second kappa shape index (κ2) is 18.0. The number of aliphatic hydroxyl groups is 1. The average Bonchev–Trinajstić information content (AvgIpc) is 3.11. The normalized spacial score (nSPS) is 18.6. The van der Waals surface area contributed by atoms with Gasteiger partial charge in [0.05, 0.1) is 66.1 Å². The third kappa shape index (κ3) is 9.67. The molecule has 1 aliphatic heterocycles. The van der Waals surface area contributed by atoms with E-state index in [4.69, 9.17) is 33.2 Å². The van der Waals surface area contributed by atoms with Gasteiger partial charge in [0.2, 0.25) is 0 Å². The van der Waals surface area contributed by atoms with Crippen molar-refractivity contribution >= 4 is 10.8 Å². The molecule has 0 saturated carbocycles. The van der Waals surface area contributed by atoms with Crippen LogP contribution in [0.4, 0.5) is 0 Å². The molecule has 0 bridgehead atoms. The van der Waals surface area contributed by atoms with E-state index in [9.17, 15) is 5.11 Å². The maximum atomic E-state index is 10.3. The van der Waals surface area contributed by atoms with Crippen LogP contribution in [0.3, 0.4) is 0 Å². The summed E-state index contributed by atoms with van der Waals surface area (Å²) >= 11 is 0. The number of benzene rings is 4. The van der Waals surface area contributed by atoms with E-state index in [0.717, 1.165) is 51.1 Å². The maximum Gasteiger partial charge on any atom is 0.127 e. The number of hydrogen-bond donors (Lipinski definition) is 2. The molecule has 0 amide bonds. The lowest BCUT2D eigenvalue weighted by Crippen LogP contribution is -2.51. The van der Waals surface area contributed by atoms with E-state index in [2.05, 4.69) is 35.6 Å². The molecular weight excluding hydrogens is 598 g/mol. The fraction of sp³-hybridized carbons (Fsp3) is 0.421. The van der Waals surface area contributed by atoms with E-state index >= 15 is 0 Å². The number of fused-ring (bicyclic) bond motifs is 1. The number of ether oxygens (including phenoxy) is 7. The highest BCUT2D eigenvalue weighted by Crippen LogP contribution is 2.33. The van der Waals surface area contributed by atoms with Crippen LogP contribution in [-0.2, 0) is 32.2 Å². The summed E-state index contributed by atoms with van der Waals surface area (Å²) in [6.45, 7) is 3.74. The Bertz CT molecular complexity index is 1510. The molecule has 9 nitrogen and oxygen atoms in total. The minimum atomic E-state index is -0.707. The van der Waals surface area contributed by atoms with Crippen LogP contribution in [0.2, 0.25) is 0 Å². The summed E-state index contributed by atoms with van der Waals surface area (Å²) in [5.41, 5.74) is 3.15. The predicted octanol–water partition coefficient (Wildman–Crippen LogP) is 5.51. The first-order chi connectivity index (χ1) is 23.1. The molecule has 1 fully saturated rings. The van der Waals surface area contributed by atoms with Crippen molar-refractivity contribution in [3.8, 4) is 17.2 Å². The summed E-state index contributed by atoms with van der Waals surface area (Å²) < 4.78 is 40.9. The number of aliphatic hydroxyl groups excluding tert-OH is 1. The standard InChI is InChI=1S/C38H47NO8/c1-41-25-31(40)26-47-37-22-39-21-36(46-23-27-19-29-9-4-6-11-33(29)35(20-27)43-3)38(37)28-13-15-32(16-14-28)45-18-8-17-44-24-30-10-5-7-12-34(30)42-2/h4-7,9-16,19-20,31,36-40H,8,17-18,21-26H2,1-3H3/t31-,36+,37-,38+/m1/s1. The zero-order chi connectivity index (χ0) is 32.8. The van der Waals surface area contributed by atoms with Crippen LogP contribution in [0.5, 0.6) is 17.2 Å². The van der Waals surface area contributed by atoms with Crippen molar-refractivity contribution in [1.82, 2.24) is 5.32 Å². The average molecular weight is 646 g/mol. The molecule has 1 aliphatic rings. The first-order valence-corrected chi connectivity index (χ1v) is 16.2. The van der Waals surface area contributed by atoms with Crippen molar-refractivity contribution < 1.29 is 38.3 Å². The molecule has 0 unspecified atom stereocenters. The molecular formula is C38H47NO8. The van der Waals surface area contributed by atoms with Gasteiger partial charge in [0.15, 0.2) is 0 Å². The van der Waals surface area contributed by atoms with E-state index in [-0.39, 0.29) is 31.3 Å². The predicted molar refractivity (Wildman–Crippen MR) is 182 cm³/mol. The van der Waals surface area contributed by atoms with Crippen LogP contribution in [0.1, 0.15) is 29.0 Å². The van der Waals surface area contributed by atoms with Crippen LogP contribution in [0.15, 0.2) is 84.9 Å². The molecule has 1 saturated heterocycles. The minimum absolute atomic E-state index is 0.0641. The number of nitrogens with one attached hydrogen (secondary N) is 1. The molecule has 0 aromatic heterocycles. The molecule has 252 valence electrons. The second-order valence-corrected chi connectivity index (χ2v) is 11.7. The molecule has 47 heavy (non-hydrogen) atoms. The Hall–Kier alpha value is -3.70. The number of piperidine rings is 1. The highest BCUT2D eigenvalue weighted by molar-refractivity contribution is 5.89. The van der Waals surface area contributed by atoms with Crippen LogP contribution >= 0.6 is 0 Å². The summed E-state index contributed by atoms with van der Waals surface area (Å²) in [7, 11) is 4.93. The zero-order valence-electron chi connectivity index (χ0n) is 27.6. The Kier molecular flexibility index (Phi) is 13.3. The fourth-order valence-corrected chi connectivity index (χ4v) is 6.02. The largest absolute Gasteiger partial charge is 0.496 e. The van der Waals surface area contributed by atoms with Gasteiger partial charge in [0.1, 0.15) is 23.4 Å². The maximum absolute atomic E-state index is 10.3. The van der Waals surface area contributed by atoms with E-state index in [1.54, 1.807) is 21.3 Å².